The van der Waals surface area contributed by atoms with Gasteiger partial charge in [-0.3, -0.25) is 0 Å². The summed E-state index contributed by atoms with van der Waals surface area (Å²) in [6.07, 6.45) is 0. The highest BCUT2D eigenvalue weighted by molar-refractivity contribution is 7.80. The van der Waals surface area contributed by atoms with E-state index in [0.29, 0.717) is 16.3 Å². The van der Waals surface area contributed by atoms with Gasteiger partial charge < -0.3 is 10.1 Å². The highest BCUT2D eigenvalue weighted by Crippen LogP contribution is 2.24. The van der Waals surface area contributed by atoms with E-state index in [9.17, 15) is 0 Å². The number of ether oxygens (including phenoxy) is 1. The predicted molar refractivity (Wildman–Crippen MR) is 87.7 cm³/mol. The third-order valence-electron chi connectivity index (χ3n) is 2.57. The molecule has 0 aliphatic carbocycles. The normalized spacial score (nSPS) is 9.57. The molecule has 5 nitrogen and oxygen atoms in total. The molecule has 0 unspecified atom stereocenters. The zero-order valence-corrected chi connectivity index (χ0v) is 12.4. The summed E-state index contributed by atoms with van der Waals surface area (Å²) in [4.78, 5) is 2.77. The number of azide groups is 1. The first-order valence-corrected chi connectivity index (χ1v) is 6.80. The monoisotopic (exact) mass is 318 g/mol. The van der Waals surface area contributed by atoms with E-state index in [1.54, 1.807) is 18.2 Å². The van der Waals surface area contributed by atoms with Crippen molar-refractivity contribution in [3.05, 3.63) is 69.6 Å². The summed E-state index contributed by atoms with van der Waals surface area (Å²) in [7, 11) is 0. The van der Waals surface area contributed by atoms with Crippen LogP contribution in [0.15, 0.2) is 53.6 Å². The topological polar surface area (TPSA) is 70.0 Å². The Kier molecular flexibility index (Phi) is 5.40. The molecule has 7 heteroatoms. The average Bonchev–Trinajstić information content (AvgIpc) is 2.49. The summed E-state index contributed by atoms with van der Waals surface area (Å²) in [5, 5.41) is 7.30. The standard InChI is InChI=1S/C14H11ClN4OS/c15-11-6-7-13(18-19-16)10(8-11)9-20-14(21)17-12-4-2-1-3-5-12/h1-8H,9H2,(H,17,21). The number of hydrogen-bond acceptors (Lipinski definition) is 3. The fourth-order valence-electron chi connectivity index (χ4n) is 1.63. The van der Waals surface area contributed by atoms with Crippen LogP contribution in [0.25, 0.3) is 10.4 Å². The molecule has 0 atom stereocenters. The number of anilines is 1. The number of rotatable bonds is 4. The van der Waals surface area contributed by atoms with E-state index >= 15 is 0 Å². The molecule has 0 aliphatic heterocycles. The lowest BCUT2D eigenvalue weighted by Crippen LogP contribution is -2.13. The van der Waals surface area contributed by atoms with Gasteiger partial charge in [-0.1, -0.05) is 41.0 Å². The molecule has 0 aliphatic rings. The summed E-state index contributed by atoms with van der Waals surface area (Å²) in [6.45, 7) is 0.160. The van der Waals surface area contributed by atoms with Crippen LogP contribution < -0.4 is 5.32 Å². The van der Waals surface area contributed by atoms with Crippen molar-refractivity contribution in [1.82, 2.24) is 0 Å². The molecule has 21 heavy (non-hydrogen) atoms. The number of para-hydroxylation sites is 1. The molecule has 0 fully saturated rings. The van der Waals surface area contributed by atoms with Crippen molar-refractivity contribution >= 4 is 40.4 Å². The summed E-state index contributed by atoms with van der Waals surface area (Å²) < 4.78 is 5.45. The number of nitrogens with zero attached hydrogens (tertiary/aromatic N) is 3. The molecular weight excluding hydrogens is 308 g/mol. The minimum Gasteiger partial charge on any atom is -0.466 e. The zero-order chi connectivity index (χ0) is 15.1. The first kappa shape index (κ1) is 15.1. The minimum atomic E-state index is 0.160. The van der Waals surface area contributed by atoms with Gasteiger partial charge in [0.15, 0.2) is 0 Å². The molecule has 2 aromatic rings. The number of halogens is 1. The first-order valence-electron chi connectivity index (χ1n) is 6.01. The molecule has 0 radical (unpaired) electrons. The molecular formula is C14H11ClN4OS. The predicted octanol–water partition coefficient (Wildman–Crippen LogP) is 5.20. The maximum atomic E-state index is 8.53. The van der Waals surface area contributed by atoms with E-state index < -0.39 is 0 Å². The molecule has 106 valence electrons. The average molecular weight is 319 g/mol. The molecule has 0 heterocycles. The lowest BCUT2D eigenvalue weighted by Gasteiger charge is -2.11. The maximum absolute atomic E-state index is 8.53. The van der Waals surface area contributed by atoms with Crippen molar-refractivity contribution in [2.45, 2.75) is 6.61 Å². The van der Waals surface area contributed by atoms with Crippen molar-refractivity contribution in [3.63, 3.8) is 0 Å². The molecule has 0 saturated heterocycles. The summed E-state index contributed by atoms with van der Waals surface area (Å²) in [5.74, 6) is 0. The highest BCUT2D eigenvalue weighted by Gasteiger charge is 2.05. The Balaban J connectivity index is 2.01. The van der Waals surface area contributed by atoms with Crippen molar-refractivity contribution in [3.8, 4) is 0 Å². The van der Waals surface area contributed by atoms with Crippen molar-refractivity contribution in [2.24, 2.45) is 5.11 Å². The third-order valence-corrected chi connectivity index (χ3v) is 3.03. The van der Waals surface area contributed by atoms with Crippen molar-refractivity contribution in [2.75, 3.05) is 5.32 Å². The maximum Gasteiger partial charge on any atom is 0.261 e. The van der Waals surface area contributed by atoms with E-state index in [-0.39, 0.29) is 11.8 Å². The van der Waals surface area contributed by atoms with Crippen LogP contribution in [0.5, 0.6) is 0 Å². The Hall–Kier alpha value is -2.27. The van der Waals surface area contributed by atoms with E-state index in [1.807, 2.05) is 30.3 Å². The van der Waals surface area contributed by atoms with E-state index in [1.165, 1.54) is 0 Å². The van der Waals surface area contributed by atoms with E-state index in [4.69, 9.17) is 34.1 Å². The Labute approximate surface area is 132 Å². The number of hydrogen-bond donors (Lipinski definition) is 1. The Morgan fingerprint density at radius 3 is 2.76 bits per heavy atom. The molecule has 1 N–H and O–H groups in total. The van der Waals surface area contributed by atoms with Crippen LogP contribution in [0.3, 0.4) is 0 Å². The van der Waals surface area contributed by atoms with Gasteiger partial charge in [-0.15, -0.1) is 0 Å². The molecule has 2 rings (SSSR count). The van der Waals surface area contributed by atoms with Gasteiger partial charge in [0.25, 0.3) is 5.17 Å². The Morgan fingerprint density at radius 1 is 1.29 bits per heavy atom. The van der Waals surface area contributed by atoms with Crippen LogP contribution in [0.4, 0.5) is 11.4 Å². The first-order chi connectivity index (χ1) is 10.2. The van der Waals surface area contributed by atoms with Gasteiger partial charge in [0.05, 0.1) is 0 Å². The number of thiocarbonyl (C=S) groups is 1. The van der Waals surface area contributed by atoms with Gasteiger partial charge in [-0.05, 0) is 42.0 Å². The van der Waals surface area contributed by atoms with Gasteiger partial charge in [0.2, 0.25) is 0 Å². The van der Waals surface area contributed by atoms with Crippen LogP contribution >= 0.6 is 23.8 Å². The quantitative estimate of drug-likeness (QED) is 0.365. The molecule has 0 spiro atoms. The van der Waals surface area contributed by atoms with Gasteiger partial charge in [-0.25, -0.2) is 0 Å². The van der Waals surface area contributed by atoms with Crippen molar-refractivity contribution in [1.29, 1.82) is 0 Å². The summed E-state index contributed by atoms with van der Waals surface area (Å²) >= 11 is 11.0. The van der Waals surface area contributed by atoms with Gasteiger partial charge in [0, 0.05) is 26.9 Å². The van der Waals surface area contributed by atoms with Crippen LogP contribution in [-0.4, -0.2) is 5.17 Å². The lowest BCUT2D eigenvalue weighted by atomic mass is 10.2. The SMILES string of the molecule is [N-]=[N+]=Nc1ccc(Cl)cc1COC(=S)Nc1ccccc1. The molecule has 0 aromatic heterocycles. The largest absolute Gasteiger partial charge is 0.466 e. The Bertz CT molecular complexity index is 687. The van der Waals surface area contributed by atoms with Crippen LogP contribution in [0.1, 0.15) is 5.56 Å². The molecule has 2 aromatic carbocycles. The fourth-order valence-corrected chi connectivity index (χ4v) is 2.01. The number of benzene rings is 2. The smallest absolute Gasteiger partial charge is 0.261 e. The van der Waals surface area contributed by atoms with Crippen molar-refractivity contribution < 1.29 is 4.74 Å². The fraction of sp³-hybridized carbons (Fsp3) is 0.0714. The van der Waals surface area contributed by atoms with Crippen LogP contribution in [-0.2, 0) is 11.3 Å². The van der Waals surface area contributed by atoms with Crippen LogP contribution in [0, 0.1) is 0 Å². The lowest BCUT2D eigenvalue weighted by molar-refractivity contribution is 0.300. The summed E-state index contributed by atoms with van der Waals surface area (Å²) in [6, 6.07) is 14.4. The summed E-state index contributed by atoms with van der Waals surface area (Å²) in [5.41, 5.74) is 10.5. The molecule has 0 bridgehead atoms. The molecule has 0 saturated carbocycles. The van der Waals surface area contributed by atoms with Crippen LogP contribution in [0.2, 0.25) is 5.02 Å². The second-order valence-electron chi connectivity index (χ2n) is 4.03. The van der Waals surface area contributed by atoms with E-state index in [0.717, 1.165) is 5.69 Å². The second kappa shape index (κ2) is 7.50. The van der Waals surface area contributed by atoms with Gasteiger partial charge in [-0.2, -0.15) is 0 Å². The highest BCUT2D eigenvalue weighted by atomic mass is 35.5. The number of nitrogens with one attached hydrogen (secondary N) is 1. The third kappa shape index (κ3) is 4.65. The Morgan fingerprint density at radius 2 is 2.05 bits per heavy atom. The minimum absolute atomic E-state index is 0.160. The van der Waals surface area contributed by atoms with E-state index in [2.05, 4.69) is 15.3 Å². The zero-order valence-electron chi connectivity index (χ0n) is 10.9. The van der Waals surface area contributed by atoms with Gasteiger partial charge >= 0.3 is 0 Å². The van der Waals surface area contributed by atoms with Gasteiger partial charge in [0.1, 0.15) is 6.61 Å². The second-order valence-corrected chi connectivity index (χ2v) is 4.84. The molecule has 0 amide bonds.